The first kappa shape index (κ1) is 13.9. The van der Waals surface area contributed by atoms with E-state index in [-0.39, 0.29) is 6.54 Å². The predicted octanol–water partition coefficient (Wildman–Crippen LogP) is 2.68. The molecule has 0 atom stereocenters. The maximum absolute atomic E-state index is 11.9. The summed E-state index contributed by atoms with van der Waals surface area (Å²) in [7, 11) is 0. The largest absolute Gasteiger partial charge is 0.522 e. The first-order chi connectivity index (χ1) is 9.01. The fourth-order valence-corrected chi connectivity index (χ4v) is 2.12. The minimum atomic E-state index is -4.58. The Morgan fingerprint density at radius 3 is 2.68 bits per heavy atom. The van der Waals surface area contributed by atoms with Crippen molar-refractivity contribution in [2.45, 2.75) is 19.3 Å². The quantitative estimate of drug-likeness (QED) is 0.909. The number of aromatic nitrogens is 1. The monoisotopic (exact) mass is 272 g/mol. The van der Waals surface area contributed by atoms with Crippen LogP contribution in [0, 0.1) is 0 Å². The molecule has 0 spiro atoms. The Bertz CT molecular complexity index is 548. The van der Waals surface area contributed by atoms with Crippen LogP contribution in [-0.4, -0.2) is 24.1 Å². The van der Waals surface area contributed by atoms with E-state index in [0.29, 0.717) is 6.54 Å². The van der Waals surface area contributed by atoms with Crippen molar-refractivity contribution in [1.29, 1.82) is 0 Å². The maximum atomic E-state index is 11.9. The van der Waals surface area contributed by atoms with Crippen molar-refractivity contribution in [2.75, 3.05) is 13.2 Å². The molecule has 2 aromatic rings. The van der Waals surface area contributed by atoms with E-state index in [2.05, 4.69) is 4.74 Å². The summed E-state index contributed by atoms with van der Waals surface area (Å²) in [5, 5.41) is 1.03. The molecule has 104 valence electrons. The molecule has 19 heavy (non-hydrogen) atoms. The maximum Gasteiger partial charge on any atom is 0.522 e. The third-order valence-corrected chi connectivity index (χ3v) is 2.92. The SMILES string of the molecule is NCCc1cccc2c1ccn2CCOC(F)(F)F. The molecule has 0 unspecified atom stereocenters. The van der Waals surface area contributed by atoms with Crippen LogP contribution in [-0.2, 0) is 17.7 Å². The van der Waals surface area contributed by atoms with Gasteiger partial charge < -0.3 is 10.3 Å². The summed E-state index contributed by atoms with van der Waals surface area (Å²) in [4.78, 5) is 0. The number of hydrogen-bond acceptors (Lipinski definition) is 2. The number of nitrogens with two attached hydrogens (primary N) is 1. The second-order valence-corrected chi connectivity index (χ2v) is 4.19. The van der Waals surface area contributed by atoms with Gasteiger partial charge >= 0.3 is 6.36 Å². The van der Waals surface area contributed by atoms with E-state index in [1.165, 1.54) is 0 Å². The first-order valence-electron chi connectivity index (χ1n) is 5.99. The van der Waals surface area contributed by atoms with Gasteiger partial charge in [-0.05, 0) is 30.7 Å². The molecule has 0 amide bonds. The fraction of sp³-hybridized carbons (Fsp3) is 0.385. The van der Waals surface area contributed by atoms with Crippen LogP contribution in [0.15, 0.2) is 30.5 Å². The minimum Gasteiger partial charge on any atom is -0.345 e. The molecule has 0 aliphatic carbocycles. The normalized spacial score (nSPS) is 12.2. The Labute approximate surface area is 108 Å². The third-order valence-electron chi connectivity index (χ3n) is 2.92. The van der Waals surface area contributed by atoms with E-state index in [1.807, 2.05) is 24.3 Å². The third kappa shape index (κ3) is 3.48. The van der Waals surface area contributed by atoms with Gasteiger partial charge in [0.15, 0.2) is 0 Å². The number of hydrogen-bond donors (Lipinski definition) is 1. The first-order valence-corrected chi connectivity index (χ1v) is 5.99. The van der Waals surface area contributed by atoms with Gasteiger partial charge in [0.05, 0.1) is 6.61 Å². The molecule has 0 saturated heterocycles. The number of alkyl halides is 3. The highest BCUT2D eigenvalue weighted by atomic mass is 19.4. The van der Waals surface area contributed by atoms with Crippen molar-refractivity contribution in [3.8, 4) is 0 Å². The number of ether oxygens (including phenoxy) is 1. The van der Waals surface area contributed by atoms with Gasteiger partial charge in [-0.1, -0.05) is 12.1 Å². The number of nitrogens with zero attached hydrogens (tertiary/aromatic N) is 1. The molecule has 2 rings (SSSR count). The lowest BCUT2D eigenvalue weighted by atomic mass is 10.1. The van der Waals surface area contributed by atoms with E-state index in [4.69, 9.17) is 5.73 Å². The Morgan fingerprint density at radius 2 is 2.00 bits per heavy atom. The smallest absolute Gasteiger partial charge is 0.345 e. The number of fused-ring (bicyclic) bond motifs is 1. The summed E-state index contributed by atoms with van der Waals surface area (Å²) < 4.78 is 41.3. The van der Waals surface area contributed by atoms with Crippen LogP contribution < -0.4 is 5.73 Å². The molecule has 1 aromatic heterocycles. The molecule has 1 aromatic carbocycles. The zero-order chi connectivity index (χ0) is 13.9. The van der Waals surface area contributed by atoms with Gasteiger partial charge in [-0.25, -0.2) is 0 Å². The summed E-state index contributed by atoms with van der Waals surface area (Å²) >= 11 is 0. The minimum absolute atomic E-state index is 0.162. The Balaban J connectivity index is 2.14. The summed E-state index contributed by atoms with van der Waals surface area (Å²) in [6, 6.07) is 7.64. The Morgan fingerprint density at radius 1 is 1.21 bits per heavy atom. The van der Waals surface area contributed by atoms with Crippen molar-refractivity contribution in [3.05, 3.63) is 36.0 Å². The van der Waals surface area contributed by atoms with Crippen molar-refractivity contribution in [1.82, 2.24) is 4.57 Å². The number of benzene rings is 1. The average Bonchev–Trinajstić information content (AvgIpc) is 2.73. The van der Waals surface area contributed by atoms with Gasteiger partial charge in [0.25, 0.3) is 0 Å². The van der Waals surface area contributed by atoms with Gasteiger partial charge in [-0.2, -0.15) is 0 Å². The molecule has 2 N–H and O–H groups in total. The van der Waals surface area contributed by atoms with Crippen molar-refractivity contribution >= 4 is 10.9 Å². The zero-order valence-corrected chi connectivity index (χ0v) is 10.3. The Hall–Kier alpha value is -1.53. The van der Waals surface area contributed by atoms with Crippen molar-refractivity contribution in [2.24, 2.45) is 5.73 Å². The highest BCUT2D eigenvalue weighted by molar-refractivity contribution is 5.83. The van der Waals surface area contributed by atoms with E-state index < -0.39 is 13.0 Å². The van der Waals surface area contributed by atoms with Crippen molar-refractivity contribution < 1.29 is 17.9 Å². The highest BCUT2D eigenvalue weighted by Gasteiger charge is 2.28. The summed E-state index contributed by atoms with van der Waals surface area (Å²) in [5.74, 6) is 0. The zero-order valence-electron chi connectivity index (χ0n) is 10.3. The highest BCUT2D eigenvalue weighted by Crippen LogP contribution is 2.21. The molecule has 0 radical (unpaired) electrons. The van der Waals surface area contributed by atoms with Crippen LogP contribution in [0.3, 0.4) is 0 Å². The molecule has 0 fully saturated rings. The summed E-state index contributed by atoms with van der Waals surface area (Å²) in [6.07, 6.45) is -2.06. The van der Waals surface area contributed by atoms with Crippen LogP contribution in [0.5, 0.6) is 0 Å². The van der Waals surface area contributed by atoms with Crippen LogP contribution >= 0.6 is 0 Å². The van der Waals surface area contributed by atoms with Crippen LogP contribution in [0.4, 0.5) is 13.2 Å². The molecule has 0 bridgehead atoms. The average molecular weight is 272 g/mol. The molecular weight excluding hydrogens is 257 g/mol. The van der Waals surface area contributed by atoms with Gasteiger partial charge in [0.1, 0.15) is 0 Å². The lowest BCUT2D eigenvalue weighted by Crippen LogP contribution is -2.17. The number of halogens is 3. The molecular formula is C13H15F3N2O. The fourth-order valence-electron chi connectivity index (χ4n) is 2.12. The summed E-state index contributed by atoms with van der Waals surface area (Å²) in [5.41, 5.74) is 7.54. The second kappa shape index (κ2) is 5.63. The molecule has 0 saturated carbocycles. The van der Waals surface area contributed by atoms with E-state index in [1.54, 1.807) is 10.8 Å². The molecule has 3 nitrogen and oxygen atoms in total. The topological polar surface area (TPSA) is 40.2 Å². The van der Waals surface area contributed by atoms with E-state index >= 15 is 0 Å². The summed E-state index contributed by atoms with van der Waals surface area (Å²) in [6.45, 7) is 0.310. The lowest BCUT2D eigenvalue weighted by Gasteiger charge is -2.09. The van der Waals surface area contributed by atoms with Crippen LogP contribution in [0.25, 0.3) is 10.9 Å². The van der Waals surface area contributed by atoms with Gasteiger partial charge in [-0.3, -0.25) is 4.74 Å². The predicted molar refractivity (Wildman–Crippen MR) is 66.7 cm³/mol. The van der Waals surface area contributed by atoms with Gasteiger partial charge in [0, 0.05) is 23.6 Å². The molecule has 0 aliphatic heterocycles. The second-order valence-electron chi connectivity index (χ2n) is 4.19. The molecule has 1 heterocycles. The van der Waals surface area contributed by atoms with Gasteiger partial charge in [-0.15, -0.1) is 13.2 Å². The molecule has 0 aliphatic rings. The molecule has 6 heteroatoms. The van der Waals surface area contributed by atoms with Gasteiger partial charge in [0.2, 0.25) is 0 Å². The van der Waals surface area contributed by atoms with E-state index in [0.717, 1.165) is 22.9 Å². The number of rotatable bonds is 5. The van der Waals surface area contributed by atoms with Crippen LogP contribution in [0.2, 0.25) is 0 Å². The van der Waals surface area contributed by atoms with E-state index in [9.17, 15) is 13.2 Å². The Kier molecular flexibility index (Phi) is 4.11. The standard InChI is InChI=1S/C13H15F3N2O/c14-13(15,16)19-9-8-18-7-5-11-10(4-6-17)2-1-3-12(11)18/h1-3,5,7H,4,6,8-9,17H2. The lowest BCUT2D eigenvalue weighted by molar-refractivity contribution is -0.325. The van der Waals surface area contributed by atoms with Crippen molar-refractivity contribution in [3.63, 3.8) is 0 Å². The van der Waals surface area contributed by atoms with Crippen LogP contribution in [0.1, 0.15) is 5.56 Å².